The van der Waals surface area contributed by atoms with Gasteiger partial charge in [-0.15, -0.1) is 0 Å². The monoisotopic (exact) mass is 181 g/mol. The second-order valence-corrected chi connectivity index (χ2v) is 2.78. The number of hydrogen-bond acceptors (Lipinski definition) is 4. The summed E-state index contributed by atoms with van der Waals surface area (Å²) in [6.45, 7) is 3.59. The summed E-state index contributed by atoms with van der Waals surface area (Å²) >= 11 is 0. The van der Waals surface area contributed by atoms with Gasteiger partial charge >= 0.3 is 5.69 Å². The Hall–Kier alpha value is -1.65. The Morgan fingerprint density at radius 1 is 1.69 bits per heavy atom. The Morgan fingerprint density at radius 2 is 2.31 bits per heavy atom. The molecule has 13 heavy (non-hydrogen) atoms. The molecular formula is C8H11N3O2. The van der Waals surface area contributed by atoms with Crippen LogP contribution in [0.25, 0.3) is 0 Å². The van der Waals surface area contributed by atoms with Gasteiger partial charge in [-0.1, -0.05) is 6.92 Å². The first kappa shape index (κ1) is 9.44. The number of nitrogens with zero attached hydrogens (tertiary/aromatic N) is 2. The maximum absolute atomic E-state index is 10.5. The van der Waals surface area contributed by atoms with E-state index in [1.807, 2.05) is 6.92 Å². The van der Waals surface area contributed by atoms with Crippen molar-refractivity contribution in [3.63, 3.8) is 0 Å². The minimum Gasteiger partial charge on any atom is -0.378 e. The Bertz CT molecular complexity index is 326. The third-order valence-electron chi connectivity index (χ3n) is 1.81. The van der Waals surface area contributed by atoms with Gasteiger partial charge in [0.15, 0.2) is 0 Å². The SMILES string of the molecule is CCc1cc(C)c([N+](=O)[O-])c(N)n1. The maximum atomic E-state index is 10.5. The summed E-state index contributed by atoms with van der Waals surface area (Å²) in [5.41, 5.74) is 6.70. The van der Waals surface area contributed by atoms with Crippen molar-refractivity contribution in [3.8, 4) is 0 Å². The number of hydrogen-bond donors (Lipinski definition) is 1. The van der Waals surface area contributed by atoms with E-state index >= 15 is 0 Å². The molecule has 0 saturated heterocycles. The van der Waals surface area contributed by atoms with Crippen molar-refractivity contribution >= 4 is 11.5 Å². The Balaban J connectivity index is 3.31. The third-order valence-corrected chi connectivity index (χ3v) is 1.81. The Labute approximate surface area is 75.7 Å². The maximum Gasteiger partial charge on any atom is 0.314 e. The van der Waals surface area contributed by atoms with Gasteiger partial charge in [0.05, 0.1) is 4.92 Å². The number of nitrogen functional groups attached to an aromatic ring is 1. The van der Waals surface area contributed by atoms with E-state index in [1.54, 1.807) is 13.0 Å². The van der Waals surface area contributed by atoms with Crippen LogP contribution in [0.4, 0.5) is 11.5 Å². The summed E-state index contributed by atoms with van der Waals surface area (Å²) in [7, 11) is 0. The van der Waals surface area contributed by atoms with Gasteiger partial charge in [-0.2, -0.15) is 0 Å². The number of nitro groups is 1. The lowest BCUT2D eigenvalue weighted by Gasteiger charge is -2.02. The fourth-order valence-corrected chi connectivity index (χ4v) is 1.18. The van der Waals surface area contributed by atoms with Crippen LogP contribution >= 0.6 is 0 Å². The number of aryl methyl sites for hydroxylation is 2. The van der Waals surface area contributed by atoms with E-state index in [0.29, 0.717) is 5.56 Å². The summed E-state index contributed by atoms with van der Waals surface area (Å²) in [6, 6.07) is 1.69. The van der Waals surface area contributed by atoms with Crippen LogP contribution in [-0.4, -0.2) is 9.91 Å². The minimum absolute atomic E-state index is 0.00171. The molecular weight excluding hydrogens is 170 g/mol. The van der Waals surface area contributed by atoms with E-state index in [1.165, 1.54) is 0 Å². The van der Waals surface area contributed by atoms with Crippen molar-refractivity contribution in [3.05, 3.63) is 27.4 Å². The quantitative estimate of drug-likeness (QED) is 0.552. The first-order chi connectivity index (χ1) is 6.06. The average Bonchev–Trinajstić information content (AvgIpc) is 2.02. The van der Waals surface area contributed by atoms with Crippen LogP contribution in [0.2, 0.25) is 0 Å². The van der Waals surface area contributed by atoms with Gasteiger partial charge in [0.1, 0.15) is 0 Å². The smallest absolute Gasteiger partial charge is 0.314 e. The van der Waals surface area contributed by atoms with E-state index in [4.69, 9.17) is 5.73 Å². The lowest BCUT2D eigenvalue weighted by atomic mass is 10.2. The van der Waals surface area contributed by atoms with Crippen LogP contribution in [-0.2, 0) is 6.42 Å². The largest absolute Gasteiger partial charge is 0.378 e. The molecule has 0 bridgehead atoms. The number of pyridine rings is 1. The molecule has 0 fully saturated rings. The first-order valence-corrected chi connectivity index (χ1v) is 3.96. The van der Waals surface area contributed by atoms with Gasteiger partial charge in [-0.05, 0) is 19.4 Å². The van der Waals surface area contributed by atoms with Gasteiger partial charge < -0.3 is 5.73 Å². The third kappa shape index (κ3) is 1.74. The molecule has 0 saturated carbocycles. The molecule has 5 nitrogen and oxygen atoms in total. The minimum atomic E-state index is -0.503. The van der Waals surface area contributed by atoms with Gasteiger partial charge in [0, 0.05) is 11.3 Å². The zero-order chi connectivity index (χ0) is 10.0. The topological polar surface area (TPSA) is 82.0 Å². The normalized spacial score (nSPS) is 10.0. The molecule has 0 amide bonds. The molecule has 0 aliphatic rings. The van der Waals surface area contributed by atoms with E-state index in [2.05, 4.69) is 4.98 Å². The lowest BCUT2D eigenvalue weighted by molar-refractivity contribution is -0.384. The Kier molecular flexibility index (Phi) is 2.46. The molecule has 1 heterocycles. The highest BCUT2D eigenvalue weighted by molar-refractivity contribution is 5.57. The highest BCUT2D eigenvalue weighted by Gasteiger charge is 2.17. The standard InChI is InChI=1S/C8H11N3O2/c1-3-6-4-5(2)7(11(12)13)8(9)10-6/h4H,3H2,1-2H3,(H2,9,10). The Morgan fingerprint density at radius 3 is 2.69 bits per heavy atom. The molecule has 0 spiro atoms. The number of rotatable bonds is 2. The highest BCUT2D eigenvalue weighted by Crippen LogP contribution is 2.24. The fourth-order valence-electron chi connectivity index (χ4n) is 1.18. The van der Waals surface area contributed by atoms with E-state index in [9.17, 15) is 10.1 Å². The zero-order valence-corrected chi connectivity index (χ0v) is 7.57. The van der Waals surface area contributed by atoms with Gasteiger partial charge in [-0.25, -0.2) is 4.98 Å². The lowest BCUT2D eigenvalue weighted by Crippen LogP contribution is -2.03. The molecule has 0 aromatic carbocycles. The molecule has 0 aliphatic carbocycles. The van der Waals surface area contributed by atoms with Gasteiger partial charge in [-0.3, -0.25) is 10.1 Å². The molecule has 1 aromatic rings. The fraction of sp³-hybridized carbons (Fsp3) is 0.375. The second-order valence-electron chi connectivity index (χ2n) is 2.78. The predicted octanol–water partition coefficient (Wildman–Crippen LogP) is 1.44. The van der Waals surface area contributed by atoms with Crippen LogP contribution in [0, 0.1) is 17.0 Å². The molecule has 1 rings (SSSR count). The van der Waals surface area contributed by atoms with Crippen molar-refractivity contribution in [2.24, 2.45) is 0 Å². The van der Waals surface area contributed by atoms with Crippen molar-refractivity contribution in [2.75, 3.05) is 5.73 Å². The molecule has 5 heteroatoms. The summed E-state index contributed by atoms with van der Waals surface area (Å²) in [6.07, 6.45) is 0.725. The predicted molar refractivity (Wildman–Crippen MR) is 49.4 cm³/mol. The molecule has 1 aromatic heterocycles. The summed E-state index contributed by atoms with van der Waals surface area (Å²) in [5, 5.41) is 10.5. The second kappa shape index (κ2) is 3.38. The van der Waals surface area contributed by atoms with Crippen molar-refractivity contribution in [1.29, 1.82) is 0 Å². The van der Waals surface area contributed by atoms with Gasteiger partial charge in [0.25, 0.3) is 0 Å². The van der Waals surface area contributed by atoms with Crippen molar-refractivity contribution in [1.82, 2.24) is 4.98 Å². The summed E-state index contributed by atoms with van der Waals surface area (Å²) < 4.78 is 0. The average molecular weight is 181 g/mol. The summed E-state index contributed by atoms with van der Waals surface area (Å²) in [4.78, 5) is 13.9. The van der Waals surface area contributed by atoms with E-state index in [-0.39, 0.29) is 11.5 Å². The molecule has 0 unspecified atom stereocenters. The van der Waals surface area contributed by atoms with Crippen molar-refractivity contribution in [2.45, 2.75) is 20.3 Å². The highest BCUT2D eigenvalue weighted by atomic mass is 16.6. The molecule has 2 N–H and O–H groups in total. The number of aromatic nitrogens is 1. The van der Waals surface area contributed by atoms with Crippen LogP contribution in [0.3, 0.4) is 0 Å². The molecule has 0 aliphatic heterocycles. The van der Waals surface area contributed by atoms with Crippen LogP contribution in [0.15, 0.2) is 6.07 Å². The van der Waals surface area contributed by atoms with Crippen molar-refractivity contribution < 1.29 is 4.92 Å². The van der Waals surface area contributed by atoms with Crippen LogP contribution in [0.1, 0.15) is 18.2 Å². The molecule has 0 atom stereocenters. The molecule has 0 radical (unpaired) electrons. The summed E-state index contributed by atoms with van der Waals surface area (Å²) in [5.74, 6) is 0.00171. The van der Waals surface area contributed by atoms with Crippen LogP contribution < -0.4 is 5.73 Å². The zero-order valence-electron chi connectivity index (χ0n) is 7.57. The number of nitrogens with two attached hydrogens (primary N) is 1. The van der Waals surface area contributed by atoms with Gasteiger partial charge in [0.2, 0.25) is 5.82 Å². The van der Waals surface area contributed by atoms with E-state index in [0.717, 1.165) is 12.1 Å². The first-order valence-electron chi connectivity index (χ1n) is 3.96. The van der Waals surface area contributed by atoms with Crippen LogP contribution in [0.5, 0.6) is 0 Å². The number of anilines is 1. The molecule has 70 valence electrons. The van der Waals surface area contributed by atoms with E-state index < -0.39 is 4.92 Å².